The van der Waals surface area contributed by atoms with Gasteiger partial charge in [0.05, 0.1) is 7.11 Å². The molecule has 1 atom stereocenters. The third kappa shape index (κ3) is 2.66. The summed E-state index contributed by atoms with van der Waals surface area (Å²) in [5, 5.41) is 3.08. The Kier molecular flexibility index (Phi) is 3.76. The molecule has 0 bridgehead atoms. The number of fused-ring (bicyclic) bond motifs is 2. The molecule has 1 N–H and O–H groups in total. The van der Waals surface area contributed by atoms with Crippen molar-refractivity contribution < 1.29 is 19.0 Å². The van der Waals surface area contributed by atoms with Crippen molar-refractivity contribution in [1.29, 1.82) is 0 Å². The van der Waals surface area contributed by atoms with Gasteiger partial charge in [-0.2, -0.15) is 0 Å². The van der Waals surface area contributed by atoms with E-state index in [-0.39, 0.29) is 11.9 Å². The van der Waals surface area contributed by atoms with E-state index in [2.05, 4.69) is 14.9 Å². The van der Waals surface area contributed by atoms with Crippen LogP contribution in [-0.4, -0.2) is 41.8 Å². The molecule has 4 rings (SSSR count). The molecular formula is C17H19N3O4. The molecule has 0 fully saturated rings. The summed E-state index contributed by atoms with van der Waals surface area (Å²) >= 11 is 0. The maximum Gasteiger partial charge on any atom is 0.251 e. The molecular weight excluding hydrogens is 310 g/mol. The molecule has 0 saturated carbocycles. The Labute approximate surface area is 139 Å². The van der Waals surface area contributed by atoms with E-state index in [1.54, 1.807) is 25.4 Å². The van der Waals surface area contributed by atoms with Gasteiger partial charge in [0, 0.05) is 37.0 Å². The number of nitrogens with zero attached hydrogens (tertiary/aromatic N) is 2. The van der Waals surface area contributed by atoms with Crippen molar-refractivity contribution in [2.45, 2.75) is 25.4 Å². The number of methoxy groups -OCH3 is 1. The van der Waals surface area contributed by atoms with Crippen molar-refractivity contribution in [1.82, 2.24) is 14.9 Å². The van der Waals surface area contributed by atoms with Crippen LogP contribution in [0.15, 0.2) is 24.5 Å². The van der Waals surface area contributed by atoms with Crippen LogP contribution in [0.25, 0.3) is 0 Å². The monoisotopic (exact) mass is 329 g/mol. The molecule has 0 unspecified atom stereocenters. The average molecular weight is 329 g/mol. The standard InChI is InChI=1S/C17H19N3O4/c1-22-13-8-11(9-14-16(13)24-7-6-23-14)17(21)19-12-2-3-15-18-4-5-20(15)10-12/h4-5,8-9,12H,2-3,6-7,10H2,1H3,(H,19,21)/t12-/m0/s1. The number of aryl methyl sites for hydroxylation is 1. The van der Waals surface area contributed by atoms with E-state index in [0.717, 1.165) is 25.2 Å². The number of carbonyl (C=O) groups is 1. The Morgan fingerprint density at radius 1 is 1.38 bits per heavy atom. The fourth-order valence-corrected chi connectivity index (χ4v) is 3.16. The fraction of sp³-hybridized carbons (Fsp3) is 0.412. The molecule has 1 amide bonds. The molecule has 3 heterocycles. The Balaban J connectivity index is 1.52. The Morgan fingerprint density at radius 3 is 3.12 bits per heavy atom. The number of benzene rings is 1. The van der Waals surface area contributed by atoms with Gasteiger partial charge in [0.1, 0.15) is 19.0 Å². The van der Waals surface area contributed by atoms with E-state index in [4.69, 9.17) is 14.2 Å². The number of hydrogen-bond donors (Lipinski definition) is 1. The highest BCUT2D eigenvalue weighted by Crippen LogP contribution is 2.40. The van der Waals surface area contributed by atoms with Crippen molar-refractivity contribution in [2.24, 2.45) is 0 Å². The van der Waals surface area contributed by atoms with Gasteiger partial charge in [-0.05, 0) is 18.6 Å². The SMILES string of the molecule is COc1cc(C(=O)N[C@H]2CCc3nccn3C2)cc2c1OCCO2. The second-order valence-electron chi connectivity index (χ2n) is 5.91. The molecule has 0 radical (unpaired) electrons. The third-order valence-electron chi connectivity index (χ3n) is 4.36. The molecule has 1 aromatic heterocycles. The Hall–Kier alpha value is -2.70. The average Bonchev–Trinajstić information content (AvgIpc) is 3.08. The van der Waals surface area contributed by atoms with Crippen molar-refractivity contribution in [3.05, 3.63) is 35.9 Å². The quantitative estimate of drug-likeness (QED) is 0.921. The van der Waals surface area contributed by atoms with E-state index in [1.807, 2.05) is 6.20 Å². The predicted octanol–water partition coefficient (Wildman–Crippen LogP) is 1.41. The van der Waals surface area contributed by atoms with E-state index in [9.17, 15) is 4.79 Å². The molecule has 0 spiro atoms. The lowest BCUT2D eigenvalue weighted by atomic mass is 10.1. The molecule has 0 saturated heterocycles. The molecule has 2 aliphatic rings. The van der Waals surface area contributed by atoms with Crippen molar-refractivity contribution in [3.8, 4) is 17.2 Å². The van der Waals surface area contributed by atoms with E-state index in [1.165, 1.54) is 0 Å². The van der Waals surface area contributed by atoms with Gasteiger partial charge >= 0.3 is 0 Å². The fourth-order valence-electron chi connectivity index (χ4n) is 3.16. The first-order valence-electron chi connectivity index (χ1n) is 8.03. The van der Waals surface area contributed by atoms with Gasteiger partial charge in [-0.3, -0.25) is 4.79 Å². The molecule has 2 aliphatic heterocycles. The van der Waals surface area contributed by atoms with Crippen LogP contribution in [0, 0.1) is 0 Å². The van der Waals surface area contributed by atoms with Crippen LogP contribution in [0.4, 0.5) is 0 Å². The summed E-state index contributed by atoms with van der Waals surface area (Å²) in [6.07, 6.45) is 5.48. The van der Waals surface area contributed by atoms with Crippen LogP contribution in [0.5, 0.6) is 17.2 Å². The maximum absolute atomic E-state index is 12.6. The van der Waals surface area contributed by atoms with Gasteiger partial charge in [-0.15, -0.1) is 0 Å². The summed E-state index contributed by atoms with van der Waals surface area (Å²) in [4.78, 5) is 16.9. The predicted molar refractivity (Wildman–Crippen MR) is 85.8 cm³/mol. The minimum Gasteiger partial charge on any atom is -0.493 e. The summed E-state index contributed by atoms with van der Waals surface area (Å²) in [7, 11) is 1.55. The molecule has 7 heteroatoms. The van der Waals surface area contributed by atoms with Crippen LogP contribution < -0.4 is 19.5 Å². The molecule has 126 valence electrons. The number of rotatable bonds is 3. The second kappa shape index (κ2) is 6.07. The number of amides is 1. The van der Waals surface area contributed by atoms with Crippen molar-refractivity contribution in [3.63, 3.8) is 0 Å². The molecule has 7 nitrogen and oxygen atoms in total. The first-order valence-corrected chi connectivity index (χ1v) is 8.03. The smallest absolute Gasteiger partial charge is 0.251 e. The van der Waals surface area contributed by atoms with Crippen molar-refractivity contribution >= 4 is 5.91 Å². The van der Waals surface area contributed by atoms with Crippen LogP contribution in [-0.2, 0) is 13.0 Å². The minimum atomic E-state index is -0.140. The number of aromatic nitrogens is 2. The molecule has 0 aliphatic carbocycles. The van der Waals surface area contributed by atoms with Gasteiger partial charge in [0.25, 0.3) is 5.91 Å². The molecule has 24 heavy (non-hydrogen) atoms. The molecule has 1 aromatic carbocycles. The number of hydrogen-bond acceptors (Lipinski definition) is 5. The summed E-state index contributed by atoms with van der Waals surface area (Å²) in [6.45, 7) is 1.68. The first kappa shape index (κ1) is 14.9. The van der Waals surface area contributed by atoms with Gasteiger partial charge in [-0.25, -0.2) is 4.98 Å². The zero-order chi connectivity index (χ0) is 16.5. The van der Waals surface area contributed by atoms with Gasteiger partial charge in [0.2, 0.25) is 5.75 Å². The van der Waals surface area contributed by atoms with Crippen LogP contribution >= 0.6 is 0 Å². The van der Waals surface area contributed by atoms with Gasteiger partial charge < -0.3 is 24.1 Å². The summed E-state index contributed by atoms with van der Waals surface area (Å²) in [5.41, 5.74) is 0.507. The van der Waals surface area contributed by atoms with Crippen LogP contribution in [0.1, 0.15) is 22.6 Å². The second-order valence-corrected chi connectivity index (χ2v) is 5.91. The Morgan fingerprint density at radius 2 is 2.25 bits per heavy atom. The third-order valence-corrected chi connectivity index (χ3v) is 4.36. The van der Waals surface area contributed by atoms with E-state index >= 15 is 0 Å². The zero-order valence-electron chi connectivity index (χ0n) is 13.4. The first-order chi connectivity index (χ1) is 11.7. The summed E-state index contributed by atoms with van der Waals surface area (Å²) in [5.74, 6) is 2.55. The number of ether oxygens (including phenoxy) is 3. The lowest BCUT2D eigenvalue weighted by Crippen LogP contribution is -2.40. The number of imidazole rings is 1. The van der Waals surface area contributed by atoms with Gasteiger partial charge in [0.15, 0.2) is 11.5 Å². The van der Waals surface area contributed by atoms with E-state index < -0.39 is 0 Å². The highest BCUT2D eigenvalue weighted by atomic mass is 16.6. The maximum atomic E-state index is 12.6. The Bertz CT molecular complexity index is 754. The normalized spacial score (nSPS) is 18.6. The summed E-state index contributed by atoms with van der Waals surface area (Å²) < 4.78 is 18.6. The minimum absolute atomic E-state index is 0.0818. The van der Waals surface area contributed by atoms with Crippen LogP contribution in [0.3, 0.4) is 0 Å². The van der Waals surface area contributed by atoms with Crippen molar-refractivity contribution in [2.75, 3.05) is 20.3 Å². The summed E-state index contributed by atoms with van der Waals surface area (Å²) in [6, 6.07) is 3.48. The molecule has 2 aromatic rings. The topological polar surface area (TPSA) is 74.6 Å². The van der Waals surface area contributed by atoms with Crippen LogP contribution in [0.2, 0.25) is 0 Å². The largest absolute Gasteiger partial charge is 0.493 e. The highest BCUT2D eigenvalue weighted by Gasteiger charge is 2.24. The highest BCUT2D eigenvalue weighted by molar-refractivity contribution is 5.95. The number of nitrogens with one attached hydrogen (secondary N) is 1. The van der Waals surface area contributed by atoms with Gasteiger partial charge in [-0.1, -0.05) is 0 Å². The lowest BCUT2D eigenvalue weighted by Gasteiger charge is -2.25. The lowest BCUT2D eigenvalue weighted by molar-refractivity contribution is 0.0925. The number of carbonyl (C=O) groups excluding carboxylic acids is 1. The zero-order valence-corrected chi connectivity index (χ0v) is 13.4. The van der Waals surface area contributed by atoms with E-state index in [0.29, 0.717) is 36.0 Å².